The molecule has 1 amide bonds. The molecular formula is C25H20FN3O4S. The minimum atomic E-state index is -4.07. The van der Waals surface area contributed by atoms with Crippen LogP contribution in [0.3, 0.4) is 0 Å². The van der Waals surface area contributed by atoms with Crippen LogP contribution in [0.2, 0.25) is 0 Å². The van der Waals surface area contributed by atoms with E-state index in [1.807, 2.05) is 0 Å². The Labute approximate surface area is 195 Å². The summed E-state index contributed by atoms with van der Waals surface area (Å²) in [4.78, 5) is 16.6. The number of amides is 1. The average molecular weight is 478 g/mol. The number of hydrogen-bond donors (Lipinski definition) is 1. The Kier molecular flexibility index (Phi) is 5.41. The maximum atomic E-state index is 14.2. The molecule has 34 heavy (non-hydrogen) atoms. The Balaban J connectivity index is 1.86. The monoisotopic (exact) mass is 477 g/mol. The molecule has 0 spiro atoms. The first-order valence-electron chi connectivity index (χ1n) is 10.5. The lowest BCUT2D eigenvalue weighted by atomic mass is 10.0. The van der Waals surface area contributed by atoms with E-state index in [-0.39, 0.29) is 16.4 Å². The van der Waals surface area contributed by atoms with Gasteiger partial charge in [-0.3, -0.25) is 4.79 Å². The second kappa shape index (κ2) is 8.42. The van der Waals surface area contributed by atoms with Crippen molar-refractivity contribution in [1.29, 1.82) is 0 Å². The summed E-state index contributed by atoms with van der Waals surface area (Å²) in [5.41, 5.74) is 2.11. The van der Waals surface area contributed by atoms with Gasteiger partial charge in [-0.15, -0.1) is 0 Å². The van der Waals surface area contributed by atoms with Crippen LogP contribution in [0.4, 0.5) is 4.39 Å². The summed E-state index contributed by atoms with van der Waals surface area (Å²) in [5, 5.41) is 3.21. The summed E-state index contributed by atoms with van der Waals surface area (Å²) in [5.74, 6) is -0.315. The number of benzene rings is 2. The second-order valence-corrected chi connectivity index (χ2v) is 9.55. The number of methoxy groups -OCH3 is 1. The first-order chi connectivity index (χ1) is 16.4. The van der Waals surface area contributed by atoms with Gasteiger partial charge in [0, 0.05) is 29.8 Å². The Hall–Kier alpha value is -3.98. The van der Waals surface area contributed by atoms with Crippen LogP contribution in [0, 0.1) is 5.82 Å². The van der Waals surface area contributed by atoms with Crippen molar-refractivity contribution >= 4 is 32.5 Å². The van der Waals surface area contributed by atoms with Crippen LogP contribution >= 0.6 is 0 Å². The fourth-order valence-corrected chi connectivity index (χ4v) is 5.68. The van der Waals surface area contributed by atoms with Crippen molar-refractivity contribution in [2.75, 3.05) is 13.7 Å². The first-order valence-corrected chi connectivity index (χ1v) is 12.0. The van der Waals surface area contributed by atoms with Gasteiger partial charge in [0.1, 0.15) is 11.6 Å². The van der Waals surface area contributed by atoms with Crippen molar-refractivity contribution in [3.05, 3.63) is 84.4 Å². The summed E-state index contributed by atoms with van der Waals surface area (Å²) in [6.45, 7) is 0.385. The zero-order chi connectivity index (χ0) is 23.9. The van der Waals surface area contributed by atoms with E-state index in [2.05, 4.69) is 10.3 Å². The molecule has 7 nitrogen and oxygen atoms in total. The van der Waals surface area contributed by atoms with Crippen molar-refractivity contribution in [3.63, 3.8) is 0 Å². The van der Waals surface area contributed by atoms with Gasteiger partial charge in [0.25, 0.3) is 10.0 Å². The third kappa shape index (κ3) is 3.63. The molecule has 0 saturated carbocycles. The summed E-state index contributed by atoms with van der Waals surface area (Å²) >= 11 is 0. The quantitative estimate of drug-likeness (QED) is 0.469. The lowest BCUT2D eigenvalue weighted by Gasteiger charge is -2.17. The van der Waals surface area contributed by atoms with Crippen LogP contribution in [0.15, 0.2) is 77.8 Å². The van der Waals surface area contributed by atoms with E-state index in [4.69, 9.17) is 4.74 Å². The third-order valence-corrected chi connectivity index (χ3v) is 7.44. The maximum Gasteiger partial charge on any atom is 0.269 e. The molecule has 5 rings (SSSR count). The minimum Gasteiger partial charge on any atom is -0.496 e. The molecule has 9 heteroatoms. The fourth-order valence-electron chi connectivity index (χ4n) is 4.17. The number of carbonyl (C=O) groups is 1. The number of carbonyl (C=O) groups excluding carboxylic acids is 1. The van der Waals surface area contributed by atoms with E-state index in [9.17, 15) is 17.6 Å². The zero-order valence-corrected chi connectivity index (χ0v) is 19.0. The van der Waals surface area contributed by atoms with E-state index in [0.29, 0.717) is 46.5 Å². The number of pyridine rings is 1. The van der Waals surface area contributed by atoms with Crippen molar-refractivity contribution < 1.29 is 22.3 Å². The smallest absolute Gasteiger partial charge is 0.269 e. The van der Waals surface area contributed by atoms with E-state index in [0.717, 1.165) is 3.97 Å². The number of rotatable bonds is 5. The third-order valence-electron chi connectivity index (χ3n) is 5.72. The SMILES string of the molecule is COc1ccc(F)cc1-c1ccnc2c1cc(C1=CC(=O)NCC1)n2S(=O)(=O)c1ccccc1. The van der Waals surface area contributed by atoms with Crippen LogP contribution in [0.1, 0.15) is 12.1 Å². The van der Waals surface area contributed by atoms with Crippen LogP contribution < -0.4 is 10.1 Å². The van der Waals surface area contributed by atoms with Crippen molar-refractivity contribution in [1.82, 2.24) is 14.3 Å². The summed E-state index contributed by atoms with van der Waals surface area (Å²) in [6.07, 6.45) is 3.33. The largest absolute Gasteiger partial charge is 0.496 e. The first kappa shape index (κ1) is 21.8. The molecule has 3 heterocycles. The van der Waals surface area contributed by atoms with Gasteiger partial charge in [0.15, 0.2) is 5.65 Å². The van der Waals surface area contributed by atoms with E-state index < -0.39 is 15.8 Å². The molecule has 172 valence electrons. The van der Waals surface area contributed by atoms with Crippen molar-refractivity contribution in [2.24, 2.45) is 0 Å². The average Bonchev–Trinajstić information content (AvgIpc) is 3.25. The Morgan fingerprint density at radius 1 is 1.06 bits per heavy atom. The molecule has 1 N–H and O–H groups in total. The normalized spacial score (nSPS) is 14.1. The maximum absolute atomic E-state index is 14.2. The lowest BCUT2D eigenvalue weighted by molar-refractivity contribution is -0.116. The number of halogens is 1. The summed E-state index contributed by atoms with van der Waals surface area (Å²) < 4.78 is 48.3. The van der Waals surface area contributed by atoms with Crippen LogP contribution in [-0.2, 0) is 14.8 Å². The molecule has 0 fully saturated rings. The van der Waals surface area contributed by atoms with E-state index >= 15 is 0 Å². The van der Waals surface area contributed by atoms with Gasteiger partial charge < -0.3 is 10.1 Å². The molecule has 4 aromatic rings. The van der Waals surface area contributed by atoms with Gasteiger partial charge >= 0.3 is 0 Å². The summed E-state index contributed by atoms with van der Waals surface area (Å²) in [7, 11) is -2.58. The molecular weight excluding hydrogens is 457 g/mol. The van der Waals surface area contributed by atoms with Gasteiger partial charge in [0.2, 0.25) is 5.91 Å². The topological polar surface area (TPSA) is 90.3 Å². The lowest BCUT2D eigenvalue weighted by Crippen LogP contribution is -2.27. The molecule has 2 aromatic carbocycles. The second-order valence-electron chi connectivity index (χ2n) is 7.76. The Bertz CT molecular complexity index is 1560. The Morgan fingerprint density at radius 2 is 1.85 bits per heavy atom. The number of aromatic nitrogens is 2. The molecule has 0 saturated heterocycles. The van der Waals surface area contributed by atoms with Crippen LogP contribution in [-0.4, -0.2) is 36.9 Å². The number of nitrogens with one attached hydrogen (secondary N) is 1. The summed E-state index contributed by atoms with van der Waals surface area (Å²) in [6, 6.07) is 15.5. The molecule has 0 aliphatic carbocycles. The predicted octanol–water partition coefficient (Wildman–Crippen LogP) is 3.99. The van der Waals surface area contributed by atoms with Crippen LogP contribution in [0.5, 0.6) is 5.75 Å². The van der Waals surface area contributed by atoms with E-state index in [1.165, 1.54) is 49.7 Å². The molecule has 0 atom stereocenters. The molecule has 0 bridgehead atoms. The predicted molar refractivity (Wildman–Crippen MR) is 126 cm³/mol. The highest BCUT2D eigenvalue weighted by molar-refractivity contribution is 7.90. The van der Waals surface area contributed by atoms with Gasteiger partial charge in [-0.25, -0.2) is 21.8 Å². The molecule has 2 aromatic heterocycles. The molecule has 1 aliphatic rings. The zero-order valence-electron chi connectivity index (χ0n) is 18.2. The van der Waals surface area contributed by atoms with Crippen molar-refractivity contribution in [2.45, 2.75) is 11.3 Å². The number of fused-ring (bicyclic) bond motifs is 1. The Morgan fingerprint density at radius 3 is 2.59 bits per heavy atom. The highest BCUT2D eigenvalue weighted by Crippen LogP contribution is 2.39. The fraction of sp³-hybridized carbons (Fsp3) is 0.120. The molecule has 0 radical (unpaired) electrons. The van der Waals surface area contributed by atoms with Gasteiger partial charge in [0.05, 0.1) is 17.7 Å². The number of nitrogens with zero attached hydrogens (tertiary/aromatic N) is 2. The highest BCUT2D eigenvalue weighted by Gasteiger charge is 2.28. The molecule has 1 aliphatic heterocycles. The van der Waals surface area contributed by atoms with Gasteiger partial charge in [-0.05, 0) is 60.0 Å². The number of hydrogen-bond acceptors (Lipinski definition) is 5. The molecule has 0 unspecified atom stereocenters. The van der Waals surface area contributed by atoms with Gasteiger partial charge in [-0.1, -0.05) is 18.2 Å². The minimum absolute atomic E-state index is 0.0881. The van der Waals surface area contributed by atoms with Gasteiger partial charge in [-0.2, -0.15) is 0 Å². The highest BCUT2D eigenvalue weighted by atomic mass is 32.2. The van der Waals surface area contributed by atoms with Crippen molar-refractivity contribution in [3.8, 4) is 16.9 Å². The number of ether oxygens (including phenoxy) is 1. The standard InChI is InChI=1S/C25H20FN3O4S/c1-33-23-8-7-17(26)14-20(23)19-10-12-28-25-21(19)15-22(16-9-11-27-24(30)13-16)29(25)34(31,32)18-5-3-2-4-6-18/h2-8,10,12-15H,9,11H2,1H3,(H,27,30). The van der Waals surface area contributed by atoms with Crippen LogP contribution in [0.25, 0.3) is 27.7 Å². The van der Waals surface area contributed by atoms with E-state index in [1.54, 1.807) is 30.3 Å².